The van der Waals surface area contributed by atoms with Crippen molar-refractivity contribution in [3.63, 3.8) is 0 Å². The number of rotatable bonds is 6. The minimum atomic E-state index is -0.834. The molecule has 2 heterocycles. The van der Waals surface area contributed by atoms with Crippen LogP contribution >= 0.6 is 0 Å². The van der Waals surface area contributed by atoms with Crippen molar-refractivity contribution in [2.75, 3.05) is 33.4 Å². The van der Waals surface area contributed by atoms with Crippen LogP contribution < -0.4 is 10.2 Å². The Bertz CT molecular complexity index is 1540. The van der Waals surface area contributed by atoms with Gasteiger partial charge in [-0.15, -0.1) is 0 Å². The highest BCUT2D eigenvalue weighted by Gasteiger charge is 2.30. The summed E-state index contributed by atoms with van der Waals surface area (Å²) in [5.41, 5.74) is 0.728. The zero-order valence-corrected chi connectivity index (χ0v) is 20.7. The maximum absolute atomic E-state index is 13.4. The molecule has 1 fully saturated rings. The SMILES string of the molecule is COc1ccc(C(CC(=O)N2CCOCC2)c2c(O)cc(O)c3c(=O)cc(-c4ccccc4)oc23)cc1O. The lowest BCUT2D eigenvalue weighted by atomic mass is 9.85. The number of carbonyl (C=O) groups excluding carboxylic acids is 1. The molecule has 1 aromatic heterocycles. The Morgan fingerprint density at radius 1 is 0.974 bits per heavy atom. The lowest BCUT2D eigenvalue weighted by Crippen LogP contribution is -2.41. The first-order chi connectivity index (χ1) is 18.4. The molecule has 0 spiro atoms. The second-order valence-corrected chi connectivity index (χ2v) is 9.05. The highest BCUT2D eigenvalue weighted by Crippen LogP contribution is 2.44. The molecule has 1 atom stereocenters. The number of benzene rings is 3. The van der Waals surface area contributed by atoms with E-state index in [0.717, 1.165) is 6.07 Å². The summed E-state index contributed by atoms with van der Waals surface area (Å²) < 4.78 is 16.7. The van der Waals surface area contributed by atoms with E-state index < -0.39 is 17.1 Å². The molecule has 0 aliphatic carbocycles. The van der Waals surface area contributed by atoms with Crippen molar-refractivity contribution in [2.24, 2.45) is 0 Å². The Labute approximate surface area is 218 Å². The van der Waals surface area contributed by atoms with Crippen molar-refractivity contribution < 1.29 is 34.0 Å². The minimum Gasteiger partial charge on any atom is -0.507 e. The Balaban J connectivity index is 1.73. The molecule has 0 saturated carbocycles. The molecule has 196 valence electrons. The van der Waals surface area contributed by atoms with E-state index in [4.69, 9.17) is 13.9 Å². The lowest BCUT2D eigenvalue weighted by Gasteiger charge is -2.29. The van der Waals surface area contributed by atoms with Gasteiger partial charge in [0.2, 0.25) is 5.91 Å². The number of carbonyl (C=O) groups is 1. The topological polar surface area (TPSA) is 130 Å². The normalized spacial score (nSPS) is 14.4. The van der Waals surface area contributed by atoms with E-state index in [2.05, 4.69) is 0 Å². The second kappa shape index (κ2) is 10.5. The maximum Gasteiger partial charge on any atom is 0.223 e. The van der Waals surface area contributed by atoms with Gasteiger partial charge >= 0.3 is 0 Å². The second-order valence-electron chi connectivity index (χ2n) is 9.05. The van der Waals surface area contributed by atoms with Gasteiger partial charge in [-0.1, -0.05) is 36.4 Å². The Morgan fingerprint density at radius 2 is 1.71 bits per heavy atom. The number of nitrogens with zero attached hydrogens (tertiary/aromatic N) is 1. The monoisotopic (exact) mass is 517 g/mol. The summed E-state index contributed by atoms with van der Waals surface area (Å²) in [6.07, 6.45) is -0.0987. The van der Waals surface area contributed by atoms with Crippen LogP contribution in [-0.4, -0.2) is 59.5 Å². The predicted octanol–water partition coefficient (Wildman–Crippen LogP) is 3.97. The standard InChI is InChI=1S/C29H27NO8/c1-36-24-8-7-18(13-20(24)31)19(14-26(35)30-9-11-37-12-10-30)27-21(32)15-22(33)28-23(34)16-25(38-29(27)28)17-5-3-2-4-6-17/h2-8,13,15-16,19,31-33H,9-12,14H2,1H3. The van der Waals surface area contributed by atoms with Gasteiger partial charge in [-0.25, -0.2) is 0 Å². The molecule has 3 N–H and O–H groups in total. The summed E-state index contributed by atoms with van der Waals surface area (Å²) in [6.45, 7) is 1.69. The average molecular weight is 518 g/mol. The van der Waals surface area contributed by atoms with Crippen LogP contribution in [-0.2, 0) is 9.53 Å². The highest BCUT2D eigenvalue weighted by atomic mass is 16.5. The molecular formula is C29H27NO8. The summed E-state index contributed by atoms with van der Waals surface area (Å²) >= 11 is 0. The van der Waals surface area contributed by atoms with Crippen LogP contribution in [0.15, 0.2) is 69.9 Å². The largest absolute Gasteiger partial charge is 0.507 e. The number of ether oxygens (including phenoxy) is 2. The first kappa shape index (κ1) is 25.2. The van der Waals surface area contributed by atoms with Gasteiger partial charge in [0.05, 0.1) is 20.3 Å². The third kappa shape index (κ3) is 4.76. The fraction of sp³-hybridized carbons (Fsp3) is 0.241. The van der Waals surface area contributed by atoms with Gasteiger partial charge in [0.1, 0.15) is 28.2 Å². The third-order valence-electron chi connectivity index (χ3n) is 6.75. The van der Waals surface area contributed by atoms with Crippen LogP contribution in [0.25, 0.3) is 22.3 Å². The van der Waals surface area contributed by atoms with Crippen LogP contribution in [0.3, 0.4) is 0 Å². The predicted molar refractivity (Wildman–Crippen MR) is 140 cm³/mol. The van der Waals surface area contributed by atoms with Crippen molar-refractivity contribution in [2.45, 2.75) is 12.3 Å². The van der Waals surface area contributed by atoms with Crippen LogP contribution in [0, 0.1) is 0 Å². The zero-order valence-electron chi connectivity index (χ0n) is 20.7. The molecule has 38 heavy (non-hydrogen) atoms. The molecule has 1 saturated heterocycles. The van der Waals surface area contributed by atoms with E-state index >= 15 is 0 Å². The zero-order chi connectivity index (χ0) is 26.8. The first-order valence-electron chi connectivity index (χ1n) is 12.2. The van der Waals surface area contributed by atoms with Gasteiger partial charge in [0.25, 0.3) is 0 Å². The molecule has 0 radical (unpaired) electrons. The highest BCUT2D eigenvalue weighted by molar-refractivity contribution is 5.91. The quantitative estimate of drug-likeness (QED) is 0.350. The number of morpholine rings is 1. The number of aromatic hydroxyl groups is 3. The minimum absolute atomic E-state index is 0.0380. The van der Waals surface area contributed by atoms with E-state index in [1.807, 2.05) is 6.07 Å². The van der Waals surface area contributed by atoms with Crippen molar-refractivity contribution in [1.82, 2.24) is 4.90 Å². The van der Waals surface area contributed by atoms with E-state index in [9.17, 15) is 24.9 Å². The van der Waals surface area contributed by atoms with Crippen molar-refractivity contribution in [3.8, 4) is 34.3 Å². The van der Waals surface area contributed by atoms with Crippen LogP contribution in [0.1, 0.15) is 23.5 Å². The number of fused-ring (bicyclic) bond motifs is 1. The van der Waals surface area contributed by atoms with Crippen molar-refractivity contribution in [3.05, 3.63) is 82.0 Å². The van der Waals surface area contributed by atoms with Gasteiger partial charge in [0, 0.05) is 48.7 Å². The third-order valence-corrected chi connectivity index (χ3v) is 6.75. The molecule has 1 aliphatic heterocycles. The maximum atomic E-state index is 13.4. The number of amides is 1. The van der Waals surface area contributed by atoms with E-state index in [-0.39, 0.29) is 51.9 Å². The fourth-order valence-corrected chi connectivity index (χ4v) is 4.83. The molecule has 4 aromatic rings. The van der Waals surface area contributed by atoms with Gasteiger partial charge < -0.3 is 34.1 Å². The number of methoxy groups -OCH3 is 1. The van der Waals surface area contributed by atoms with Crippen molar-refractivity contribution >= 4 is 16.9 Å². The molecule has 5 rings (SSSR count). The molecule has 9 heteroatoms. The fourth-order valence-electron chi connectivity index (χ4n) is 4.83. The summed E-state index contributed by atoms with van der Waals surface area (Å²) in [5, 5.41) is 32.1. The summed E-state index contributed by atoms with van der Waals surface area (Å²) in [4.78, 5) is 28.2. The Hall–Kier alpha value is -4.50. The number of hydrogen-bond donors (Lipinski definition) is 3. The number of phenols is 3. The Morgan fingerprint density at radius 3 is 2.39 bits per heavy atom. The van der Waals surface area contributed by atoms with E-state index in [1.165, 1.54) is 19.2 Å². The van der Waals surface area contributed by atoms with Crippen LogP contribution in [0.2, 0.25) is 0 Å². The molecule has 1 aliphatic rings. The summed E-state index contributed by atoms with van der Waals surface area (Å²) in [7, 11) is 1.42. The molecule has 1 amide bonds. The summed E-state index contributed by atoms with van der Waals surface area (Å²) in [6, 6.07) is 16.0. The molecule has 1 unspecified atom stereocenters. The average Bonchev–Trinajstić information content (AvgIpc) is 2.92. The molecule has 0 bridgehead atoms. The van der Waals surface area contributed by atoms with Gasteiger partial charge in [-0.2, -0.15) is 0 Å². The molecular weight excluding hydrogens is 490 g/mol. The van der Waals surface area contributed by atoms with Gasteiger partial charge in [0.15, 0.2) is 16.9 Å². The van der Waals surface area contributed by atoms with E-state index in [0.29, 0.717) is 37.4 Å². The first-order valence-corrected chi connectivity index (χ1v) is 12.2. The van der Waals surface area contributed by atoms with Crippen LogP contribution in [0.5, 0.6) is 23.0 Å². The van der Waals surface area contributed by atoms with Gasteiger partial charge in [-0.3, -0.25) is 9.59 Å². The Kier molecular flexibility index (Phi) is 6.93. The van der Waals surface area contributed by atoms with Crippen LogP contribution in [0.4, 0.5) is 0 Å². The molecule has 9 nitrogen and oxygen atoms in total. The lowest BCUT2D eigenvalue weighted by molar-refractivity contribution is -0.135. The van der Waals surface area contributed by atoms with E-state index in [1.54, 1.807) is 41.3 Å². The number of phenolic OH excluding ortho intramolecular Hbond substituents is 3. The smallest absolute Gasteiger partial charge is 0.223 e. The summed E-state index contributed by atoms with van der Waals surface area (Å²) in [5.74, 6) is -1.49. The molecule has 3 aromatic carbocycles. The van der Waals surface area contributed by atoms with Crippen molar-refractivity contribution in [1.29, 1.82) is 0 Å². The number of hydrogen-bond acceptors (Lipinski definition) is 8. The van der Waals surface area contributed by atoms with Gasteiger partial charge in [-0.05, 0) is 17.7 Å².